The topological polar surface area (TPSA) is 60.9 Å². The second-order valence-electron chi connectivity index (χ2n) is 12.7. The molecule has 5 heterocycles. The molecule has 0 N–H and O–H groups in total. The molecule has 50 heavy (non-hydrogen) atoms. The van der Waals surface area contributed by atoms with Gasteiger partial charge in [0.05, 0.1) is 22.1 Å². The predicted octanol–water partition coefficient (Wildman–Crippen LogP) is 10.5. The van der Waals surface area contributed by atoms with E-state index in [2.05, 4.69) is 124 Å². The quantitative estimate of drug-likeness (QED) is 0.192. The van der Waals surface area contributed by atoms with Crippen LogP contribution in [0.3, 0.4) is 0 Å². The third-order valence-corrected chi connectivity index (χ3v) is 9.99. The van der Waals surface area contributed by atoms with Crippen LogP contribution in [0.5, 0.6) is 0 Å². The van der Waals surface area contributed by atoms with E-state index in [4.69, 9.17) is 19.9 Å². The SMILES string of the molecule is c1ccc(-c2nc(-c3ccc(-c4cccc5c6cccc7c8cccnc8n(c45)c76)cc3)nc(-n3c4ccccc4c4ccccc43)n2)cc1. The first-order valence-electron chi connectivity index (χ1n) is 16.7. The lowest BCUT2D eigenvalue weighted by atomic mass is 10.00. The van der Waals surface area contributed by atoms with E-state index < -0.39 is 0 Å². The van der Waals surface area contributed by atoms with Crippen LogP contribution in [0.1, 0.15) is 0 Å². The van der Waals surface area contributed by atoms with E-state index in [0.717, 1.165) is 49.7 Å². The first-order valence-corrected chi connectivity index (χ1v) is 16.7. The summed E-state index contributed by atoms with van der Waals surface area (Å²) in [6.45, 7) is 0. The first kappa shape index (κ1) is 27.1. The van der Waals surface area contributed by atoms with Gasteiger partial charge in [-0.25, -0.2) is 9.97 Å². The Kier molecular flexibility index (Phi) is 5.57. The zero-order chi connectivity index (χ0) is 32.8. The van der Waals surface area contributed by atoms with Gasteiger partial charge in [0.15, 0.2) is 11.6 Å². The van der Waals surface area contributed by atoms with Crippen LogP contribution < -0.4 is 0 Å². The third-order valence-electron chi connectivity index (χ3n) is 9.99. The van der Waals surface area contributed by atoms with Gasteiger partial charge in [-0.1, -0.05) is 127 Å². The van der Waals surface area contributed by atoms with Crippen molar-refractivity contribution in [2.75, 3.05) is 0 Å². The molecule has 0 spiro atoms. The van der Waals surface area contributed by atoms with Crippen LogP contribution in [-0.2, 0) is 0 Å². The molecule has 0 aliphatic carbocycles. The molecular formula is C44H26N6. The summed E-state index contributed by atoms with van der Waals surface area (Å²) < 4.78 is 4.49. The molecule has 0 aliphatic rings. The maximum absolute atomic E-state index is 5.14. The number of fused-ring (bicyclic) bond motifs is 9. The summed E-state index contributed by atoms with van der Waals surface area (Å²) in [5, 5.41) is 7.19. The fourth-order valence-corrected chi connectivity index (χ4v) is 7.81. The minimum Gasteiger partial charge on any atom is -0.292 e. The van der Waals surface area contributed by atoms with Gasteiger partial charge in [-0.2, -0.15) is 9.97 Å². The standard InChI is InChI=1S/C44H26N6/c1-2-11-28(12-3-1)41-46-42(48-44(47-41)49-37-20-6-4-13-31(37)32-14-5-7-21-38(32)49)29-24-22-27(23-25-29)30-15-8-16-33-34-17-9-18-35-36-19-10-26-45-43(36)50(39(30)33)40(34)35/h1-26H. The molecule has 11 rings (SSSR count). The molecule has 0 saturated heterocycles. The number of nitrogens with zero attached hydrogens (tertiary/aromatic N) is 6. The number of hydrogen-bond donors (Lipinski definition) is 0. The van der Waals surface area contributed by atoms with Crippen LogP contribution >= 0.6 is 0 Å². The molecule has 0 atom stereocenters. The highest BCUT2D eigenvalue weighted by atomic mass is 15.2. The lowest BCUT2D eigenvalue weighted by Crippen LogP contribution is -2.06. The summed E-state index contributed by atoms with van der Waals surface area (Å²) in [4.78, 5) is 20.1. The molecule has 6 aromatic carbocycles. The van der Waals surface area contributed by atoms with Crippen molar-refractivity contribution in [3.05, 3.63) is 158 Å². The van der Waals surface area contributed by atoms with Crippen molar-refractivity contribution >= 4 is 60.0 Å². The molecular weight excluding hydrogens is 613 g/mol. The van der Waals surface area contributed by atoms with Gasteiger partial charge in [0.2, 0.25) is 5.95 Å². The Morgan fingerprint density at radius 1 is 0.380 bits per heavy atom. The second kappa shape index (κ2) is 10.3. The Hall–Kier alpha value is -6.92. The van der Waals surface area contributed by atoms with Crippen LogP contribution in [0.25, 0.3) is 99.9 Å². The van der Waals surface area contributed by atoms with E-state index >= 15 is 0 Å². The fraction of sp³-hybridized carbons (Fsp3) is 0. The van der Waals surface area contributed by atoms with Crippen molar-refractivity contribution in [2.45, 2.75) is 0 Å². The van der Waals surface area contributed by atoms with Gasteiger partial charge in [0, 0.05) is 55.2 Å². The van der Waals surface area contributed by atoms with Gasteiger partial charge in [0.1, 0.15) is 5.65 Å². The van der Waals surface area contributed by atoms with Gasteiger partial charge in [0.25, 0.3) is 0 Å². The van der Waals surface area contributed by atoms with Gasteiger partial charge in [-0.15, -0.1) is 0 Å². The molecule has 0 fully saturated rings. The average Bonchev–Trinajstić information content (AvgIpc) is 3.84. The van der Waals surface area contributed by atoms with E-state index in [1.54, 1.807) is 0 Å². The molecule has 0 unspecified atom stereocenters. The molecule has 0 radical (unpaired) electrons. The first-order chi connectivity index (χ1) is 24.8. The molecule has 0 amide bonds. The molecule has 0 bridgehead atoms. The van der Waals surface area contributed by atoms with Crippen LogP contribution in [0.4, 0.5) is 0 Å². The molecule has 232 valence electrons. The number of benzene rings is 6. The van der Waals surface area contributed by atoms with Crippen molar-refractivity contribution in [1.82, 2.24) is 28.9 Å². The zero-order valence-electron chi connectivity index (χ0n) is 26.7. The highest BCUT2D eigenvalue weighted by molar-refractivity contribution is 6.24. The molecule has 11 aromatic rings. The minimum absolute atomic E-state index is 0.588. The lowest BCUT2D eigenvalue weighted by molar-refractivity contribution is 0.953. The van der Waals surface area contributed by atoms with Crippen molar-refractivity contribution < 1.29 is 0 Å². The average molecular weight is 639 g/mol. The summed E-state index contributed by atoms with van der Waals surface area (Å²) in [6, 6.07) is 52.9. The van der Waals surface area contributed by atoms with Crippen molar-refractivity contribution in [3.63, 3.8) is 0 Å². The van der Waals surface area contributed by atoms with Gasteiger partial charge in [-0.05, 0) is 29.8 Å². The summed E-state index contributed by atoms with van der Waals surface area (Å²) in [7, 11) is 0. The van der Waals surface area contributed by atoms with E-state index in [1.165, 1.54) is 32.6 Å². The highest BCUT2D eigenvalue weighted by Gasteiger charge is 2.21. The van der Waals surface area contributed by atoms with Crippen LogP contribution in [0.15, 0.2) is 158 Å². The highest BCUT2D eigenvalue weighted by Crippen LogP contribution is 2.42. The van der Waals surface area contributed by atoms with Crippen molar-refractivity contribution in [1.29, 1.82) is 0 Å². The number of para-hydroxylation sites is 4. The summed E-state index contributed by atoms with van der Waals surface area (Å²) in [5.74, 6) is 1.84. The Bertz CT molecular complexity index is 3030. The van der Waals surface area contributed by atoms with E-state index in [0.29, 0.717) is 17.6 Å². The predicted molar refractivity (Wildman–Crippen MR) is 203 cm³/mol. The Morgan fingerprint density at radius 2 is 0.920 bits per heavy atom. The zero-order valence-corrected chi connectivity index (χ0v) is 26.7. The normalized spacial score (nSPS) is 12.0. The van der Waals surface area contributed by atoms with E-state index in [-0.39, 0.29) is 0 Å². The summed E-state index contributed by atoms with van der Waals surface area (Å²) >= 11 is 0. The smallest absolute Gasteiger partial charge is 0.238 e. The Labute approximate surface area is 285 Å². The largest absolute Gasteiger partial charge is 0.292 e. The summed E-state index contributed by atoms with van der Waals surface area (Å²) in [6.07, 6.45) is 1.88. The van der Waals surface area contributed by atoms with Gasteiger partial charge >= 0.3 is 0 Å². The number of pyridine rings is 1. The number of rotatable bonds is 4. The summed E-state index contributed by atoms with van der Waals surface area (Å²) in [5.41, 5.74) is 9.60. The maximum Gasteiger partial charge on any atom is 0.238 e. The molecule has 6 nitrogen and oxygen atoms in total. The molecule has 0 saturated carbocycles. The van der Waals surface area contributed by atoms with E-state index in [9.17, 15) is 0 Å². The molecule has 6 heteroatoms. The lowest BCUT2D eigenvalue weighted by Gasteiger charge is -2.11. The number of hydrogen-bond acceptors (Lipinski definition) is 4. The minimum atomic E-state index is 0.588. The Balaban J connectivity index is 1.11. The molecule has 0 aliphatic heterocycles. The van der Waals surface area contributed by atoms with Crippen LogP contribution in [-0.4, -0.2) is 28.9 Å². The monoisotopic (exact) mass is 638 g/mol. The third kappa shape index (κ3) is 3.78. The van der Waals surface area contributed by atoms with E-state index in [1.807, 2.05) is 42.6 Å². The van der Waals surface area contributed by atoms with Crippen molar-refractivity contribution in [3.8, 4) is 39.9 Å². The fourth-order valence-electron chi connectivity index (χ4n) is 7.81. The van der Waals surface area contributed by atoms with Crippen molar-refractivity contribution in [2.24, 2.45) is 0 Å². The van der Waals surface area contributed by atoms with Gasteiger partial charge < -0.3 is 0 Å². The number of aromatic nitrogens is 6. The maximum atomic E-state index is 5.14. The van der Waals surface area contributed by atoms with Crippen LogP contribution in [0, 0.1) is 0 Å². The van der Waals surface area contributed by atoms with Gasteiger partial charge in [-0.3, -0.25) is 8.97 Å². The Morgan fingerprint density at radius 3 is 1.64 bits per heavy atom. The second-order valence-corrected chi connectivity index (χ2v) is 12.7. The molecule has 5 aromatic heterocycles. The van der Waals surface area contributed by atoms with Crippen LogP contribution in [0.2, 0.25) is 0 Å².